The molecule has 1 aromatic carbocycles. The maximum absolute atomic E-state index is 14.8. The predicted octanol–water partition coefficient (Wildman–Crippen LogP) is 5.75. The summed E-state index contributed by atoms with van der Waals surface area (Å²) >= 11 is 0. The molecule has 7 unspecified atom stereocenters. The monoisotopic (exact) mass is 507 g/mol. The molecule has 1 N–H and O–H groups in total. The van der Waals surface area contributed by atoms with Gasteiger partial charge in [0.05, 0.1) is 5.71 Å². The van der Waals surface area contributed by atoms with Gasteiger partial charge in [-0.3, -0.25) is 9.79 Å². The zero-order valence-electron chi connectivity index (χ0n) is 22.6. The van der Waals surface area contributed by atoms with Gasteiger partial charge < -0.3 is 10.2 Å². The molecule has 1 heterocycles. The van der Waals surface area contributed by atoms with E-state index in [-0.39, 0.29) is 35.1 Å². The van der Waals surface area contributed by atoms with Crippen molar-refractivity contribution in [3.63, 3.8) is 0 Å². The first-order valence-corrected chi connectivity index (χ1v) is 14.6. The molecule has 1 saturated heterocycles. The number of alkyl halides is 1. The van der Waals surface area contributed by atoms with Crippen LogP contribution in [0.4, 0.5) is 4.39 Å². The molecule has 0 radical (unpaired) electrons. The number of ketones is 1. The van der Waals surface area contributed by atoms with E-state index in [9.17, 15) is 9.18 Å². The summed E-state index contributed by atoms with van der Waals surface area (Å²) in [6.07, 6.45) is 4.87. The number of aliphatic imine (C=N–C) groups is 1. The molecular weight excluding hydrogens is 465 g/mol. The molecule has 0 spiro atoms. The second-order valence-corrected chi connectivity index (χ2v) is 12.7. The summed E-state index contributed by atoms with van der Waals surface area (Å²) in [4.78, 5) is 24.2. The highest BCUT2D eigenvalue weighted by atomic mass is 19.1. The Kier molecular flexibility index (Phi) is 6.53. The molecule has 1 aromatic rings. The number of oxime groups is 1. The molecule has 9 atom stereocenters. The second-order valence-electron chi connectivity index (χ2n) is 12.7. The Morgan fingerprint density at radius 1 is 1.11 bits per heavy atom. The fourth-order valence-corrected chi connectivity index (χ4v) is 9.15. The van der Waals surface area contributed by atoms with Crippen molar-refractivity contribution in [2.75, 3.05) is 19.6 Å². The highest BCUT2D eigenvalue weighted by Crippen LogP contribution is 2.66. The molecule has 200 valence electrons. The van der Waals surface area contributed by atoms with E-state index in [0.29, 0.717) is 18.3 Å². The van der Waals surface area contributed by atoms with E-state index in [1.165, 1.54) is 11.3 Å². The highest BCUT2D eigenvalue weighted by molar-refractivity contribution is 6.01. The van der Waals surface area contributed by atoms with Gasteiger partial charge in [-0.15, -0.1) is 0 Å². The Morgan fingerprint density at radius 3 is 2.65 bits per heavy atom. The summed E-state index contributed by atoms with van der Waals surface area (Å²) in [5, 5.41) is 8.23. The van der Waals surface area contributed by atoms with Crippen LogP contribution in [0.25, 0.3) is 0 Å². The van der Waals surface area contributed by atoms with Gasteiger partial charge >= 0.3 is 0 Å². The van der Waals surface area contributed by atoms with Crippen LogP contribution in [-0.4, -0.2) is 49.1 Å². The molecule has 6 rings (SSSR count). The molecule has 0 amide bonds. The van der Waals surface area contributed by atoms with E-state index >= 15 is 0 Å². The van der Waals surface area contributed by atoms with Gasteiger partial charge in [0.15, 0.2) is 12.0 Å². The number of halogens is 1. The third-order valence-corrected chi connectivity index (χ3v) is 11.0. The minimum absolute atomic E-state index is 0.0319. The number of carbonyl (C=O) groups is 1. The van der Waals surface area contributed by atoms with E-state index in [4.69, 9.17) is 15.0 Å². The van der Waals surface area contributed by atoms with Crippen molar-refractivity contribution in [1.82, 2.24) is 5.32 Å². The van der Waals surface area contributed by atoms with Gasteiger partial charge in [0.2, 0.25) is 0 Å². The molecule has 5 aliphatic rings. The highest BCUT2D eigenvalue weighted by Gasteiger charge is 2.65. The van der Waals surface area contributed by atoms with Crippen LogP contribution in [0, 0.1) is 34.5 Å². The molecule has 1 aliphatic heterocycles. The Bertz CT molecular complexity index is 1080. The van der Waals surface area contributed by atoms with E-state index in [0.717, 1.165) is 63.9 Å². The fraction of sp³-hybridized carbons (Fsp3) is 0.710. The number of Topliss-reactive ketones (excluding diaryl/α,β-unsaturated/α-hetero) is 1. The first-order valence-electron chi connectivity index (χ1n) is 14.6. The maximum atomic E-state index is 14.8. The lowest BCUT2D eigenvalue weighted by Gasteiger charge is -2.61. The third-order valence-electron chi connectivity index (χ3n) is 11.0. The van der Waals surface area contributed by atoms with Crippen LogP contribution in [0.3, 0.4) is 0 Å². The molecule has 4 saturated carbocycles. The minimum Gasteiger partial charge on any atom is -0.391 e. The van der Waals surface area contributed by atoms with E-state index in [1.807, 2.05) is 0 Å². The SMILES string of the molecule is CCN=C1CC2C(CC[C@]3(C)C(=O)C(F)CC23)[C@@]2(C)CC/C(=N\OC3CCNC3)C(c3ccccc3)C12. The number of fused-ring (bicyclic) bond motifs is 5. The van der Waals surface area contributed by atoms with Crippen molar-refractivity contribution in [3.05, 3.63) is 35.9 Å². The van der Waals surface area contributed by atoms with Gasteiger partial charge in [-0.1, -0.05) is 49.3 Å². The van der Waals surface area contributed by atoms with Gasteiger partial charge in [0.25, 0.3) is 0 Å². The predicted molar refractivity (Wildman–Crippen MR) is 145 cm³/mol. The van der Waals surface area contributed by atoms with Crippen LogP contribution in [0.2, 0.25) is 0 Å². The van der Waals surface area contributed by atoms with Crippen LogP contribution >= 0.6 is 0 Å². The number of rotatable bonds is 4. The number of hydrogen-bond acceptors (Lipinski definition) is 5. The first-order chi connectivity index (χ1) is 17.9. The van der Waals surface area contributed by atoms with Gasteiger partial charge in [0.1, 0.15) is 6.10 Å². The van der Waals surface area contributed by atoms with Gasteiger partial charge in [0, 0.05) is 42.5 Å². The zero-order chi connectivity index (χ0) is 25.8. The van der Waals surface area contributed by atoms with E-state index in [1.54, 1.807) is 0 Å². The minimum atomic E-state index is -1.30. The standard InChI is InChI=1S/C31H42FN3O2/c1-4-34-26-16-21-22(10-13-31(3)23(21)17-24(32)29(31)36)30(2)14-11-25(35-37-20-12-15-33-18-20)27(28(26)30)19-8-6-5-7-9-19/h5-9,20-24,27-28,33H,4,10-18H2,1-3H3/b34-26?,35-25+/t20?,21?,22?,23?,24?,27?,28?,30-,31+/m1/s1. The van der Waals surface area contributed by atoms with Crippen molar-refractivity contribution in [2.24, 2.45) is 44.6 Å². The van der Waals surface area contributed by atoms with Crippen molar-refractivity contribution in [3.8, 4) is 0 Å². The van der Waals surface area contributed by atoms with Crippen LogP contribution < -0.4 is 5.32 Å². The molecular formula is C31H42FN3O2. The average Bonchev–Trinajstić information content (AvgIpc) is 3.50. The van der Waals surface area contributed by atoms with Gasteiger partial charge in [-0.25, -0.2) is 4.39 Å². The lowest BCUT2D eigenvalue weighted by molar-refractivity contribution is -0.135. The number of hydrogen-bond donors (Lipinski definition) is 1. The smallest absolute Gasteiger partial charge is 0.173 e. The van der Waals surface area contributed by atoms with Crippen molar-refractivity contribution in [1.29, 1.82) is 0 Å². The molecule has 6 heteroatoms. The number of benzene rings is 1. The zero-order valence-corrected chi connectivity index (χ0v) is 22.6. The fourth-order valence-electron chi connectivity index (χ4n) is 9.15. The maximum Gasteiger partial charge on any atom is 0.173 e. The Morgan fingerprint density at radius 2 is 1.92 bits per heavy atom. The van der Waals surface area contributed by atoms with Crippen LogP contribution in [0.5, 0.6) is 0 Å². The van der Waals surface area contributed by atoms with Crippen LogP contribution in [0.1, 0.15) is 77.2 Å². The number of nitrogens with zero attached hydrogens (tertiary/aromatic N) is 2. The quantitative estimate of drug-likeness (QED) is 0.528. The summed E-state index contributed by atoms with van der Waals surface area (Å²) < 4.78 is 14.8. The first kappa shape index (κ1) is 25.2. The topological polar surface area (TPSA) is 63.0 Å². The van der Waals surface area contributed by atoms with E-state index in [2.05, 4.69) is 56.4 Å². The molecule has 0 bridgehead atoms. The van der Waals surface area contributed by atoms with Crippen LogP contribution in [-0.2, 0) is 9.63 Å². The van der Waals surface area contributed by atoms with Crippen molar-refractivity contribution in [2.45, 2.75) is 83.9 Å². The normalized spacial score (nSPS) is 45.5. The Balaban J connectivity index is 1.41. The lowest BCUT2D eigenvalue weighted by atomic mass is 9.43. The molecule has 37 heavy (non-hydrogen) atoms. The second kappa shape index (κ2) is 9.59. The van der Waals surface area contributed by atoms with E-state index < -0.39 is 11.6 Å². The molecule has 5 nitrogen and oxygen atoms in total. The summed E-state index contributed by atoms with van der Waals surface area (Å²) in [6.45, 7) is 9.22. The summed E-state index contributed by atoms with van der Waals surface area (Å²) in [5.74, 6) is 1.15. The summed E-state index contributed by atoms with van der Waals surface area (Å²) in [6, 6.07) is 10.8. The summed E-state index contributed by atoms with van der Waals surface area (Å²) in [5.41, 5.74) is 3.21. The number of carbonyl (C=O) groups excluding carboxylic acids is 1. The molecule has 0 aromatic heterocycles. The largest absolute Gasteiger partial charge is 0.391 e. The lowest BCUT2D eigenvalue weighted by Crippen LogP contribution is -2.58. The van der Waals surface area contributed by atoms with Crippen LogP contribution in [0.15, 0.2) is 40.5 Å². The third kappa shape index (κ3) is 4.00. The van der Waals surface area contributed by atoms with Crippen molar-refractivity contribution >= 4 is 17.2 Å². The Hall–Kier alpha value is -2.08. The average molecular weight is 508 g/mol. The van der Waals surface area contributed by atoms with Gasteiger partial charge in [-0.05, 0) is 80.7 Å². The summed E-state index contributed by atoms with van der Waals surface area (Å²) in [7, 11) is 0. The Labute approximate surface area is 220 Å². The molecule has 4 aliphatic carbocycles. The van der Waals surface area contributed by atoms with Crippen molar-refractivity contribution < 1.29 is 14.0 Å². The number of nitrogens with one attached hydrogen (secondary N) is 1. The molecule has 5 fully saturated rings. The van der Waals surface area contributed by atoms with Gasteiger partial charge in [-0.2, -0.15) is 0 Å².